The second kappa shape index (κ2) is 6.35. The molecule has 1 aromatic carbocycles. The van der Waals surface area contributed by atoms with Crippen molar-refractivity contribution in [2.75, 3.05) is 0 Å². The molecule has 0 aliphatic rings. The van der Waals surface area contributed by atoms with Crippen molar-refractivity contribution >= 4 is 0 Å². The second-order valence-electron chi connectivity index (χ2n) is 3.98. The molecule has 1 atom stereocenters. The molecule has 0 radical (unpaired) electrons. The molecule has 0 amide bonds. The molecule has 0 saturated carbocycles. The van der Waals surface area contributed by atoms with Crippen molar-refractivity contribution in [1.29, 1.82) is 0 Å². The third kappa shape index (κ3) is 3.40. The fraction of sp³-hybridized carbons (Fsp3) is 0.467. The molecule has 0 aliphatic heterocycles. The zero-order chi connectivity index (χ0) is 12.0. The maximum Gasteiger partial charge on any atom is 0.0665 e. The van der Waals surface area contributed by atoms with Crippen LogP contribution in [-0.2, 0) is 12.8 Å². The smallest absolute Gasteiger partial charge is 0.0665 e. The summed E-state index contributed by atoms with van der Waals surface area (Å²) in [5.41, 5.74) is 9.61. The van der Waals surface area contributed by atoms with Crippen molar-refractivity contribution in [3.63, 3.8) is 0 Å². The first-order chi connectivity index (χ1) is 7.71. The van der Waals surface area contributed by atoms with Crippen LogP contribution in [0.4, 0.5) is 0 Å². The highest BCUT2D eigenvalue weighted by atomic mass is 14.6. The van der Waals surface area contributed by atoms with Gasteiger partial charge in [0, 0.05) is 5.56 Å². The van der Waals surface area contributed by atoms with E-state index >= 15 is 0 Å². The summed E-state index contributed by atoms with van der Waals surface area (Å²) in [7, 11) is 0. The van der Waals surface area contributed by atoms with Crippen LogP contribution in [0.1, 0.15) is 43.9 Å². The van der Waals surface area contributed by atoms with E-state index in [9.17, 15) is 0 Å². The van der Waals surface area contributed by atoms with Crippen LogP contribution < -0.4 is 5.73 Å². The lowest BCUT2D eigenvalue weighted by molar-refractivity contribution is 0.806. The molecule has 1 rings (SSSR count). The van der Waals surface area contributed by atoms with Gasteiger partial charge in [0.15, 0.2) is 0 Å². The van der Waals surface area contributed by atoms with Crippen LogP contribution >= 0.6 is 0 Å². The predicted molar refractivity (Wildman–Crippen MR) is 70.3 cm³/mol. The van der Waals surface area contributed by atoms with E-state index in [1.165, 1.54) is 11.1 Å². The molecular weight excluding hydrogens is 194 g/mol. The van der Waals surface area contributed by atoms with Crippen LogP contribution in [0, 0.1) is 11.8 Å². The Morgan fingerprint density at radius 2 is 1.94 bits per heavy atom. The molecule has 1 aromatic rings. The largest absolute Gasteiger partial charge is 0.318 e. The lowest BCUT2D eigenvalue weighted by Gasteiger charge is -2.04. The number of hydrogen-bond acceptors (Lipinski definition) is 1. The zero-order valence-corrected chi connectivity index (χ0v) is 10.5. The lowest BCUT2D eigenvalue weighted by atomic mass is 10.0. The van der Waals surface area contributed by atoms with Gasteiger partial charge in [-0.05, 0) is 36.5 Å². The van der Waals surface area contributed by atoms with Gasteiger partial charge >= 0.3 is 0 Å². The highest BCUT2D eigenvalue weighted by Crippen LogP contribution is 2.12. The van der Waals surface area contributed by atoms with Crippen LogP contribution in [-0.4, -0.2) is 6.04 Å². The van der Waals surface area contributed by atoms with Gasteiger partial charge in [-0.25, -0.2) is 0 Å². The Balaban J connectivity index is 3.02. The van der Waals surface area contributed by atoms with E-state index in [-0.39, 0.29) is 6.04 Å². The molecule has 86 valence electrons. The van der Waals surface area contributed by atoms with Gasteiger partial charge in [-0.2, -0.15) is 0 Å². The number of nitrogens with two attached hydrogens (primary N) is 1. The van der Waals surface area contributed by atoms with E-state index in [1.54, 1.807) is 0 Å². The van der Waals surface area contributed by atoms with Crippen molar-refractivity contribution in [1.82, 2.24) is 0 Å². The number of aryl methyl sites for hydroxylation is 2. The van der Waals surface area contributed by atoms with Crippen molar-refractivity contribution in [3.8, 4) is 11.8 Å². The Labute approximate surface area is 99.1 Å². The third-order valence-electron chi connectivity index (χ3n) is 2.80. The van der Waals surface area contributed by atoms with Crippen molar-refractivity contribution in [2.24, 2.45) is 5.73 Å². The van der Waals surface area contributed by atoms with E-state index in [0.29, 0.717) is 0 Å². The first-order valence-electron chi connectivity index (χ1n) is 6.10. The molecule has 0 aromatic heterocycles. The van der Waals surface area contributed by atoms with Gasteiger partial charge in [0.05, 0.1) is 6.04 Å². The molecule has 0 aliphatic carbocycles. The van der Waals surface area contributed by atoms with Crippen LogP contribution in [0.15, 0.2) is 18.2 Å². The zero-order valence-electron chi connectivity index (χ0n) is 10.5. The van der Waals surface area contributed by atoms with E-state index in [4.69, 9.17) is 5.73 Å². The summed E-state index contributed by atoms with van der Waals surface area (Å²) in [5, 5.41) is 0. The molecule has 0 spiro atoms. The number of rotatable bonds is 3. The summed E-state index contributed by atoms with van der Waals surface area (Å²) in [5.74, 6) is 6.32. The molecule has 16 heavy (non-hydrogen) atoms. The maximum atomic E-state index is 5.81. The first kappa shape index (κ1) is 12.8. The summed E-state index contributed by atoms with van der Waals surface area (Å²) in [6.45, 7) is 6.38. The molecule has 0 fully saturated rings. The minimum Gasteiger partial charge on any atom is -0.318 e. The second-order valence-corrected chi connectivity index (χ2v) is 3.98. The Morgan fingerprint density at radius 1 is 1.19 bits per heavy atom. The summed E-state index contributed by atoms with van der Waals surface area (Å²) in [6.07, 6.45) is 2.98. The van der Waals surface area contributed by atoms with Gasteiger partial charge < -0.3 is 5.73 Å². The van der Waals surface area contributed by atoms with Gasteiger partial charge in [0.1, 0.15) is 0 Å². The number of benzene rings is 1. The predicted octanol–water partition coefficient (Wildman–Crippen LogP) is 2.90. The number of hydrogen-bond donors (Lipinski definition) is 1. The molecule has 0 saturated heterocycles. The Bertz CT molecular complexity index is 396. The molecule has 0 heterocycles. The van der Waals surface area contributed by atoms with Crippen LogP contribution in [0.3, 0.4) is 0 Å². The Kier molecular flexibility index (Phi) is 5.08. The van der Waals surface area contributed by atoms with Gasteiger partial charge in [-0.3, -0.25) is 0 Å². The molecule has 2 N–H and O–H groups in total. The molecule has 1 heteroatoms. The van der Waals surface area contributed by atoms with E-state index in [2.05, 4.69) is 50.8 Å². The van der Waals surface area contributed by atoms with Gasteiger partial charge in [0.25, 0.3) is 0 Å². The highest BCUT2D eigenvalue weighted by molar-refractivity contribution is 5.44. The highest BCUT2D eigenvalue weighted by Gasteiger charge is 1.99. The van der Waals surface area contributed by atoms with E-state index < -0.39 is 0 Å². The van der Waals surface area contributed by atoms with Crippen molar-refractivity contribution < 1.29 is 0 Å². The topological polar surface area (TPSA) is 26.0 Å². The summed E-state index contributed by atoms with van der Waals surface area (Å²) >= 11 is 0. The molecule has 1 unspecified atom stereocenters. The van der Waals surface area contributed by atoms with E-state index in [0.717, 1.165) is 24.8 Å². The average molecular weight is 215 g/mol. The third-order valence-corrected chi connectivity index (χ3v) is 2.80. The maximum absolute atomic E-state index is 5.81. The van der Waals surface area contributed by atoms with E-state index in [1.807, 2.05) is 0 Å². The van der Waals surface area contributed by atoms with Gasteiger partial charge in [-0.1, -0.05) is 44.7 Å². The monoisotopic (exact) mass is 215 g/mol. The van der Waals surface area contributed by atoms with Crippen molar-refractivity contribution in [2.45, 2.75) is 46.1 Å². The minimum atomic E-state index is -0.00464. The van der Waals surface area contributed by atoms with Gasteiger partial charge in [0.2, 0.25) is 0 Å². The van der Waals surface area contributed by atoms with Crippen LogP contribution in [0.2, 0.25) is 0 Å². The fourth-order valence-electron chi connectivity index (χ4n) is 1.54. The quantitative estimate of drug-likeness (QED) is 0.771. The Morgan fingerprint density at radius 3 is 2.50 bits per heavy atom. The standard InChI is InChI=1S/C15H21N/c1-4-12-7-8-13(5-2)14(11-12)9-10-15(16)6-3/h7-8,11,15H,4-6,16H2,1-3H3. The van der Waals surface area contributed by atoms with Crippen LogP contribution in [0.5, 0.6) is 0 Å². The first-order valence-corrected chi connectivity index (χ1v) is 6.10. The summed E-state index contributed by atoms with van der Waals surface area (Å²) < 4.78 is 0. The molecule has 1 nitrogen and oxygen atoms in total. The average Bonchev–Trinajstić information content (AvgIpc) is 2.35. The van der Waals surface area contributed by atoms with Crippen LogP contribution in [0.25, 0.3) is 0 Å². The SMILES string of the molecule is CCc1ccc(CC)c(C#CC(N)CC)c1. The summed E-state index contributed by atoms with van der Waals surface area (Å²) in [6, 6.07) is 6.55. The van der Waals surface area contributed by atoms with Gasteiger partial charge in [-0.15, -0.1) is 0 Å². The fourth-order valence-corrected chi connectivity index (χ4v) is 1.54. The van der Waals surface area contributed by atoms with Crippen molar-refractivity contribution in [3.05, 3.63) is 34.9 Å². The molecule has 0 bridgehead atoms. The summed E-state index contributed by atoms with van der Waals surface area (Å²) in [4.78, 5) is 0. The lowest BCUT2D eigenvalue weighted by Crippen LogP contribution is -2.15. The molecular formula is C15H21N. The normalized spacial score (nSPS) is 11.8. The minimum absolute atomic E-state index is 0.00464. The Hall–Kier alpha value is -1.26.